The highest BCUT2D eigenvalue weighted by molar-refractivity contribution is 6.32. The van der Waals surface area contributed by atoms with Gasteiger partial charge in [-0.3, -0.25) is 9.59 Å². The van der Waals surface area contributed by atoms with Gasteiger partial charge in [-0.15, -0.1) is 0 Å². The summed E-state index contributed by atoms with van der Waals surface area (Å²) in [6.45, 7) is 2.39. The smallest absolute Gasteiger partial charge is 0.333 e. The van der Waals surface area contributed by atoms with E-state index < -0.39 is 35.7 Å². The largest absolute Gasteiger partial charge is 0.440 e. The van der Waals surface area contributed by atoms with Gasteiger partial charge in [0.1, 0.15) is 6.61 Å². The monoisotopic (exact) mass is 262 g/mol. The van der Waals surface area contributed by atoms with Crippen LogP contribution in [-0.2, 0) is 9.53 Å². The summed E-state index contributed by atoms with van der Waals surface area (Å²) in [5.41, 5.74) is -1.33. The molecule has 0 heterocycles. The first-order valence-electron chi connectivity index (χ1n) is 5.96. The lowest BCUT2D eigenvalue weighted by molar-refractivity contribution is -0.157. The molecular formula is C14H14O5. The lowest BCUT2D eigenvalue weighted by Crippen LogP contribution is -2.50. The van der Waals surface area contributed by atoms with Crippen LogP contribution >= 0.6 is 0 Å². The second-order valence-corrected chi connectivity index (χ2v) is 4.73. The van der Waals surface area contributed by atoms with Gasteiger partial charge in [-0.1, -0.05) is 38.1 Å². The topological polar surface area (TPSA) is 80.7 Å². The van der Waals surface area contributed by atoms with E-state index in [2.05, 4.69) is 0 Å². The van der Waals surface area contributed by atoms with Crippen LogP contribution in [0.1, 0.15) is 34.6 Å². The van der Waals surface area contributed by atoms with Gasteiger partial charge in [0.2, 0.25) is 17.2 Å². The molecular weight excluding hydrogens is 248 g/mol. The zero-order valence-electron chi connectivity index (χ0n) is 10.7. The fourth-order valence-corrected chi connectivity index (χ4v) is 2.33. The minimum absolute atomic E-state index is 0.256. The molecule has 100 valence electrons. The molecule has 1 aromatic rings. The van der Waals surface area contributed by atoms with Crippen molar-refractivity contribution in [3.8, 4) is 0 Å². The van der Waals surface area contributed by atoms with E-state index in [9.17, 15) is 14.4 Å². The van der Waals surface area contributed by atoms with E-state index in [4.69, 9.17) is 9.84 Å². The number of aliphatic hydroxyl groups is 1. The second kappa shape index (κ2) is 4.59. The van der Waals surface area contributed by atoms with Crippen LogP contribution in [-0.4, -0.2) is 34.9 Å². The molecule has 0 unspecified atom stereocenters. The normalized spacial score (nSPS) is 16.6. The molecule has 0 amide bonds. The number of hydrogen-bond donors (Lipinski definition) is 1. The molecule has 1 N–H and O–H groups in total. The van der Waals surface area contributed by atoms with Crippen molar-refractivity contribution < 1.29 is 24.2 Å². The molecule has 0 aromatic heterocycles. The van der Waals surface area contributed by atoms with Crippen LogP contribution in [0.15, 0.2) is 24.3 Å². The second-order valence-electron chi connectivity index (χ2n) is 4.73. The van der Waals surface area contributed by atoms with Crippen molar-refractivity contribution in [3.63, 3.8) is 0 Å². The summed E-state index contributed by atoms with van der Waals surface area (Å²) in [6.07, 6.45) is 0. The highest BCUT2D eigenvalue weighted by atomic mass is 16.6. The van der Waals surface area contributed by atoms with Gasteiger partial charge in [0.05, 0.1) is 0 Å². The summed E-state index contributed by atoms with van der Waals surface area (Å²) in [6, 6.07) is 6.36. The zero-order chi connectivity index (χ0) is 14.2. The predicted octanol–water partition coefficient (Wildman–Crippen LogP) is 0.996. The molecule has 0 radical (unpaired) electrons. The fourth-order valence-electron chi connectivity index (χ4n) is 2.33. The molecule has 0 aliphatic heterocycles. The van der Waals surface area contributed by atoms with Crippen LogP contribution in [0.25, 0.3) is 0 Å². The van der Waals surface area contributed by atoms with Crippen LogP contribution in [0.4, 0.5) is 0 Å². The summed E-state index contributed by atoms with van der Waals surface area (Å²) in [4.78, 5) is 36.2. The molecule has 0 atom stereocenters. The van der Waals surface area contributed by atoms with Gasteiger partial charge in [0.15, 0.2) is 0 Å². The molecule has 5 heteroatoms. The lowest BCUT2D eigenvalue weighted by Gasteiger charge is -2.29. The maximum atomic E-state index is 12.4. The van der Waals surface area contributed by atoms with Crippen molar-refractivity contribution in [2.24, 2.45) is 5.92 Å². The number of benzene rings is 1. The van der Waals surface area contributed by atoms with Gasteiger partial charge in [0, 0.05) is 17.0 Å². The molecule has 2 rings (SSSR count). The van der Waals surface area contributed by atoms with E-state index in [-0.39, 0.29) is 11.1 Å². The number of ketones is 2. The Balaban J connectivity index is 2.56. The maximum absolute atomic E-state index is 12.4. The number of hydrogen-bond acceptors (Lipinski definition) is 5. The van der Waals surface area contributed by atoms with Gasteiger partial charge >= 0.3 is 5.97 Å². The van der Waals surface area contributed by atoms with Gasteiger partial charge < -0.3 is 9.84 Å². The van der Waals surface area contributed by atoms with Crippen LogP contribution in [0.3, 0.4) is 0 Å². The molecule has 0 bridgehead atoms. The Bertz CT molecular complexity index is 524. The molecule has 1 aliphatic carbocycles. The van der Waals surface area contributed by atoms with Crippen molar-refractivity contribution >= 4 is 17.5 Å². The first-order valence-corrected chi connectivity index (χ1v) is 5.96. The third kappa shape index (κ3) is 1.77. The minimum Gasteiger partial charge on any atom is -0.440 e. The number of fused-ring (bicyclic) bond motifs is 1. The van der Waals surface area contributed by atoms with Crippen LogP contribution in [0.5, 0.6) is 0 Å². The molecule has 0 fully saturated rings. The predicted molar refractivity (Wildman–Crippen MR) is 65.8 cm³/mol. The van der Waals surface area contributed by atoms with Crippen molar-refractivity contribution in [1.29, 1.82) is 0 Å². The maximum Gasteiger partial charge on any atom is 0.333 e. The summed E-state index contributed by atoms with van der Waals surface area (Å²) < 4.78 is 5.03. The zero-order valence-corrected chi connectivity index (χ0v) is 10.7. The van der Waals surface area contributed by atoms with E-state index in [0.717, 1.165) is 0 Å². The standard InChI is InChI=1S/C14H14O5/c1-8(2)14(19-11(16)7-15)12(17)9-5-3-4-6-10(9)13(14)18/h3-6,8,15H,7H2,1-2H3. The number of carbonyl (C=O) groups excluding carboxylic acids is 3. The lowest BCUT2D eigenvalue weighted by atomic mass is 9.85. The molecule has 0 saturated carbocycles. The average molecular weight is 262 g/mol. The summed E-state index contributed by atoms with van der Waals surface area (Å²) in [5, 5.41) is 8.78. The Kier molecular flexibility index (Phi) is 3.24. The number of aliphatic hydroxyl groups excluding tert-OH is 1. The van der Waals surface area contributed by atoms with Crippen molar-refractivity contribution in [2.75, 3.05) is 6.61 Å². The summed E-state index contributed by atoms with van der Waals surface area (Å²) in [5.74, 6) is -2.55. The Morgan fingerprint density at radius 3 is 2.05 bits per heavy atom. The Morgan fingerprint density at radius 2 is 1.68 bits per heavy atom. The van der Waals surface area contributed by atoms with Gasteiger partial charge in [0.25, 0.3) is 0 Å². The van der Waals surface area contributed by atoms with Crippen molar-refractivity contribution in [2.45, 2.75) is 19.4 Å². The molecule has 0 spiro atoms. The summed E-state index contributed by atoms with van der Waals surface area (Å²) in [7, 11) is 0. The third-order valence-electron chi connectivity index (χ3n) is 3.31. The fraction of sp³-hybridized carbons (Fsp3) is 0.357. The Hall–Kier alpha value is -2.01. The first kappa shape index (κ1) is 13.4. The van der Waals surface area contributed by atoms with E-state index >= 15 is 0 Å². The van der Waals surface area contributed by atoms with Crippen molar-refractivity contribution in [1.82, 2.24) is 0 Å². The van der Waals surface area contributed by atoms with E-state index in [1.807, 2.05) is 0 Å². The Morgan fingerprint density at radius 1 is 1.21 bits per heavy atom. The van der Waals surface area contributed by atoms with Crippen LogP contribution in [0, 0.1) is 5.92 Å². The van der Waals surface area contributed by atoms with Crippen molar-refractivity contribution in [3.05, 3.63) is 35.4 Å². The highest BCUT2D eigenvalue weighted by Crippen LogP contribution is 2.38. The molecule has 5 nitrogen and oxygen atoms in total. The quantitative estimate of drug-likeness (QED) is 0.649. The number of rotatable bonds is 3. The average Bonchev–Trinajstić information content (AvgIpc) is 2.62. The van der Waals surface area contributed by atoms with Crippen LogP contribution < -0.4 is 0 Å². The number of carbonyl (C=O) groups is 3. The third-order valence-corrected chi connectivity index (χ3v) is 3.31. The van der Waals surface area contributed by atoms with Crippen LogP contribution in [0.2, 0.25) is 0 Å². The molecule has 0 saturated heterocycles. The minimum atomic E-state index is -1.84. The molecule has 19 heavy (non-hydrogen) atoms. The number of ether oxygens (including phenoxy) is 1. The van der Waals surface area contributed by atoms with Gasteiger partial charge in [-0.05, 0) is 0 Å². The first-order chi connectivity index (χ1) is 8.95. The molecule has 1 aromatic carbocycles. The summed E-state index contributed by atoms with van der Waals surface area (Å²) >= 11 is 0. The van der Waals surface area contributed by atoms with E-state index in [0.29, 0.717) is 0 Å². The molecule has 1 aliphatic rings. The van der Waals surface area contributed by atoms with Gasteiger partial charge in [-0.25, -0.2) is 4.79 Å². The number of Topliss-reactive ketones (excluding diaryl/α,β-unsaturated/α-hetero) is 2. The van der Waals surface area contributed by atoms with E-state index in [1.165, 1.54) is 12.1 Å². The van der Waals surface area contributed by atoms with Gasteiger partial charge in [-0.2, -0.15) is 0 Å². The number of esters is 1. The Labute approximate surface area is 110 Å². The SMILES string of the molecule is CC(C)C1(OC(=O)CO)C(=O)c2ccccc2C1=O. The van der Waals surface area contributed by atoms with E-state index in [1.54, 1.807) is 26.0 Å². The highest BCUT2D eigenvalue weighted by Gasteiger charge is 2.58.